The quantitative estimate of drug-likeness (QED) is 0.763. The number of benzene rings is 1. The Morgan fingerprint density at radius 2 is 2.13 bits per heavy atom. The molecule has 1 heterocycles. The Bertz CT molecular complexity index is 529. The molecule has 2 rings (SSSR count). The van der Waals surface area contributed by atoms with Crippen LogP contribution in [0.5, 0.6) is 0 Å². The molecule has 0 bridgehead atoms. The van der Waals surface area contributed by atoms with Crippen LogP contribution in [0.15, 0.2) is 35.3 Å². The molecule has 0 fully saturated rings. The molecule has 0 spiro atoms. The number of para-hydroxylation sites is 1. The molecule has 0 aliphatic carbocycles. The molecule has 0 unspecified atom stereocenters. The summed E-state index contributed by atoms with van der Waals surface area (Å²) < 4.78 is 14.7. The molecule has 78 valence electrons. The zero-order valence-electron chi connectivity index (χ0n) is 7.90. The maximum Gasteiger partial charge on any atom is 0.268 e. The van der Waals surface area contributed by atoms with Gasteiger partial charge in [-0.25, -0.2) is 4.39 Å². The second-order valence-corrected chi connectivity index (χ2v) is 3.12. The molecular formula is C10H10FN3O. The molecular weight excluding hydrogens is 197 g/mol. The third-order valence-electron chi connectivity index (χ3n) is 2.13. The number of rotatable bonds is 2. The van der Waals surface area contributed by atoms with Crippen LogP contribution in [0.2, 0.25) is 0 Å². The van der Waals surface area contributed by atoms with Crippen LogP contribution in [-0.4, -0.2) is 9.78 Å². The van der Waals surface area contributed by atoms with Gasteiger partial charge in [0.25, 0.3) is 5.56 Å². The Kier molecular flexibility index (Phi) is 2.39. The normalized spacial score (nSPS) is 10.5. The third-order valence-corrected chi connectivity index (χ3v) is 2.13. The van der Waals surface area contributed by atoms with Crippen molar-refractivity contribution in [3.8, 4) is 5.69 Å². The van der Waals surface area contributed by atoms with Crippen LogP contribution in [0.3, 0.4) is 0 Å². The molecule has 4 nitrogen and oxygen atoms in total. The smallest absolute Gasteiger partial charge is 0.268 e. The summed E-state index contributed by atoms with van der Waals surface area (Å²) in [6, 6.07) is 6.18. The average Bonchev–Trinajstić information content (AvgIpc) is 2.60. The van der Waals surface area contributed by atoms with E-state index in [4.69, 9.17) is 5.73 Å². The summed E-state index contributed by atoms with van der Waals surface area (Å²) >= 11 is 0. The topological polar surface area (TPSA) is 63.8 Å². The lowest BCUT2D eigenvalue weighted by atomic mass is 10.3. The Morgan fingerprint density at radius 3 is 2.73 bits per heavy atom. The van der Waals surface area contributed by atoms with E-state index < -0.39 is 5.82 Å². The summed E-state index contributed by atoms with van der Waals surface area (Å²) in [7, 11) is 0. The van der Waals surface area contributed by atoms with E-state index in [2.05, 4.69) is 5.10 Å². The molecule has 3 N–H and O–H groups in total. The number of nitrogens with one attached hydrogen (secondary N) is 1. The second kappa shape index (κ2) is 3.70. The van der Waals surface area contributed by atoms with Crippen molar-refractivity contribution in [1.82, 2.24) is 9.78 Å². The Labute approximate surface area is 85.1 Å². The summed E-state index contributed by atoms with van der Waals surface area (Å²) in [5, 5.41) is 2.49. The maximum atomic E-state index is 13.3. The molecule has 1 aromatic heterocycles. The van der Waals surface area contributed by atoms with E-state index in [-0.39, 0.29) is 12.1 Å². The van der Waals surface area contributed by atoms with Gasteiger partial charge in [0.05, 0.1) is 11.3 Å². The highest BCUT2D eigenvalue weighted by Gasteiger charge is 2.06. The van der Waals surface area contributed by atoms with Gasteiger partial charge in [-0.3, -0.25) is 14.6 Å². The number of hydrogen-bond acceptors (Lipinski definition) is 2. The molecule has 15 heavy (non-hydrogen) atoms. The molecule has 0 saturated carbocycles. The van der Waals surface area contributed by atoms with Crippen LogP contribution in [0.25, 0.3) is 5.69 Å². The van der Waals surface area contributed by atoms with Crippen LogP contribution >= 0.6 is 0 Å². The van der Waals surface area contributed by atoms with Crippen LogP contribution in [-0.2, 0) is 6.54 Å². The van der Waals surface area contributed by atoms with Crippen molar-refractivity contribution in [3.63, 3.8) is 0 Å². The van der Waals surface area contributed by atoms with Crippen molar-refractivity contribution in [2.75, 3.05) is 0 Å². The first-order chi connectivity index (χ1) is 7.22. The fourth-order valence-corrected chi connectivity index (χ4v) is 1.35. The van der Waals surface area contributed by atoms with E-state index in [0.29, 0.717) is 11.3 Å². The zero-order chi connectivity index (χ0) is 10.8. The molecule has 0 amide bonds. The van der Waals surface area contributed by atoms with Gasteiger partial charge in [0.15, 0.2) is 0 Å². The standard InChI is InChI=1S/C10H10FN3O/c11-8-3-1-2-4-9(8)14-6-7(5-12)10(15)13-14/h1-4,6H,5,12H2,(H,13,15). The lowest BCUT2D eigenvalue weighted by Crippen LogP contribution is -2.10. The number of H-pyrrole nitrogens is 1. The first-order valence-corrected chi connectivity index (χ1v) is 4.48. The van der Waals surface area contributed by atoms with Gasteiger partial charge in [-0.2, -0.15) is 0 Å². The van der Waals surface area contributed by atoms with Crippen molar-refractivity contribution in [2.45, 2.75) is 6.54 Å². The van der Waals surface area contributed by atoms with Gasteiger partial charge < -0.3 is 5.73 Å². The number of hydrogen-bond donors (Lipinski definition) is 2. The highest BCUT2D eigenvalue weighted by atomic mass is 19.1. The maximum absolute atomic E-state index is 13.3. The van der Waals surface area contributed by atoms with Crippen LogP contribution in [0, 0.1) is 5.82 Å². The minimum absolute atomic E-state index is 0.136. The molecule has 0 aliphatic rings. The van der Waals surface area contributed by atoms with Crippen LogP contribution < -0.4 is 11.3 Å². The van der Waals surface area contributed by atoms with E-state index in [1.54, 1.807) is 18.2 Å². The number of nitrogens with two attached hydrogens (primary N) is 1. The highest BCUT2D eigenvalue weighted by Crippen LogP contribution is 2.10. The predicted molar refractivity (Wildman–Crippen MR) is 54.2 cm³/mol. The predicted octanol–water partition coefficient (Wildman–Crippen LogP) is 0.763. The van der Waals surface area contributed by atoms with E-state index in [9.17, 15) is 9.18 Å². The van der Waals surface area contributed by atoms with Crippen molar-refractivity contribution in [2.24, 2.45) is 5.73 Å². The monoisotopic (exact) mass is 207 g/mol. The third kappa shape index (κ3) is 1.69. The van der Waals surface area contributed by atoms with Gasteiger partial charge >= 0.3 is 0 Å². The van der Waals surface area contributed by atoms with Gasteiger partial charge in [-0.05, 0) is 12.1 Å². The number of aromatic amines is 1. The Hall–Kier alpha value is -1.88. The van der Waals surface area contributed by atoms with Gasteiger partial charge in [-0.15, -0.1) is 0 Å². The molecule has 2 aromatic rings. The fourth-order valence-electron chi connectivity index (χ4n) is 1.35. The van der Waals surface area contributed by atoms with Crippen molar-refractivity contribution in [3.05, 3.63) is 52.2 Å². The number of halogens is 1. The zero-order valence-corrected chi connectivity index (χ0v) is 7.90. The van der Waals surface area contributed by atoms with Gasteiger partial charge in [-0.1, -0.05) is 12.1 Å². The van der Waals surface area contributed by atoms with Gasteiger partial charge in [0, 0.05) is 12.7 Å². The summed E-state index contributed by atoms with van der Waals surface area (Å²) in [6.07, 6.45) is 1.50. The van der Waals surface area contributed by atoms with Crippen molar-refractivity contribution >= 4 is 0 Å². The van der Waals surface area contributed by atoms with E-state index >= 15 is 0 Å². The molecule has 0 atom stereocenters. The Morgan fingerprint density at radius 1 is 1.40 bits per heavy atom. The second-order valence-electron chi connectivity index (χ2n) is 3.12. The van der Waals surface area contributed by atoms with Crippen LogP contribution in [0.1, 0.15) is 5.56 Å². The number of nitrogens with zero attached hydrogens (tertiary/aromatic N) is 1. The van der Waals surface area contributed by atoms with Crippen LogP contribution in [0.4, 0.5) is 4.39 Å². The molecule has 0 aliphatic heterocycles. The average molecular weight is 207 g/mol. The highest BCUT2D eigenvalue weighted by molar-refractivity contribution is 5.32. The van der Waals surface area contributed by atoms with E-state index in [1.807, 2.05) is 0 Å². The van der Waals surface area contributed by atoms with Crippen molar-refractivity contribution < 1.29 is 4.39 Å². The summed E-state index contributed by atoms with van der Waals surface area (Å²) in [6.45, 7) is 0.136. The lowest BCUT2D eigenvalue weighted by molar-refractivity contribution is 0.610. The summed E-state index contributed by atoms with van der Waals surface area (Å²) in [5.74, 6) is -0.396. The Balaban J connectivity index is 2.55. The minimum Gasteiger partial charge on any atom is -0.326 e. The molecule has 1 aromatic carbocycles. The van der Waals surface area contributed by atoms with Gasteiger partial charge in [0.2, 0.25) is 0 Å². The van der Waals surface area contributed by atoms with E-state index in [0.717, 1.165) is 0 Å². The fraction of sp³-hybridized carbons (Fsp3) is 0.100. The molecule has 0 radical (unpaired) electrons. The summed E-state index contributed by atoms with van der Waals surface area (Å²) in [4.78, 5) is 11.3. The summed E-state index contributed by atoms with van der Waals surface area (Å²) in [5.41, 5.74) is 5.79. The first kappa shape index (κ1) is 9.67. The van der Waals surface area contributed by atoms with E-state index in [1.165, 1.54) is 16.9 Å². The largest absolute Gasteiger partial charge is 0.326 e. The SMILES string of the molecule is NCc1cn(-c2ccccc2F)[nH]c1=O. The number of aromatic nitrogens is 2. The first-order valence-electron chi connectivity index (χ1n) is 4.48. The lowest BCUT2D eigenvalue weighted by Gasteiger charge is -2.02. The minimum atomic E-state index is -0.396. The molecule has 5 heteroatoms. The molecule has 0 saturated heterocycles. The van der Waals surface area contributed by atoms with Gasteiger partial charge in [0.1, 0.15) is 5.82 Å². The van der Waals surface area contributed by atoms with Crippen molar-refractivity contribution in [1.29, 1.82) is 0 Å².